The van der Waals surface area contributed by atoms with Gasteiger partial charge in [-0.05, 0) is 92.9 Å². The van der Waals surface area contributed by atoms with Gasteiger partial charge in [-0.3, -0.25) is 4.79 Å². The van der Waals surface area contributed by atoms with E-state index in [1.165, 1.54) is 38.5 Å². The van der Waals surface area contributed by atoms with E-state index in [0.29, 0.717) is 29.4 Å². The van der Waals surface area contributed by atoms with Crippen molar-refractivity contribution in [1.82, 2.24) is 15.1 Å². The zero-order valence-electron chi connectivity index (χ0n) is 17.7. The van der Waals surface area contributed by atoms with Crippen LogP contribution in [0.1, 0.15) is 83.7 Å². The Morgan fingerprint density at radius 3 is 2.16 bits per heavy atom. The molecular formula is C25H29N3O3. The second kappa shape index (κ2) is 7.21. The van der Waals surface area contributed by atoms with E-state index in [2.05, 4.69) is 10.4 Å². The van der Waals surface area contributed by atoms with Crippen molar-refractivity contribution < 1.29 is 14.7 Å². The SMILES string of the molecule is O=C(O)c1ccc(-n2ncc(C(=O)NC3C4CC5CC(C4)CC3C5)c2C2CCC2)cc1. The molecule has 5 aliphatic rings. The van der Waals surface area contributed by atoms with Crippen LogP contribution in [0.25, 0.3) is 5.69 Å². The lowest BCUT2D eigenvalue weighted by Crippen LogP contribution is -2.55. The maximum Gasteiger partial charge on any atom is 0.335 e. The summed E-state index contributed by atoms with van der Waals surface area (Å²) in [6, 6.07) is 7.06. The molecule has 1 aromatic carbocycles. The topological polar surface area (TPSA) is 84.2 Å². The van der Waals surface area contributed by atoms with Gasteiger partial charge < -0.3 is 10.4 Å². The summed E-state index contributed by atoms with van der Waals surface area (Å²) in [4.78, 5) is 24.6. The van der Waals surface area contributed by atoms with Crippen LogP contribution in [-0.4, -0.2) is 32.8 Å². The first kappa shape index (κ1) is 19.1. The molecule has 6 heteroatoms. The molecule has 0 atom stereocenters. The molecule has 4 bridgehead atoms. The Kier molecular flexibility index (Phi) is 4.44. The number of carboxylic acid groups (broad SMARTS) is 1. The summed E-state index contributed by atoms with van der Waals surface area (Å²) >= 11 is 0. The second-order valence-electron chi connectivity index (χ2n) is 10.3. The molecule has 5 aliphatic carbocycles. The molecule has 5 saturated carbocycles. The van der Waals surface area contributed by atoms with E-state index in [1.54, 1.807) is 30.5 Å². The van der Waals surface area contributed by atoms with E-state index in [1.807, 2.05) is 4.68 Å². The van der Waals surface area contributed by atoms with Crippen LogP contribution in [0, 0.1) is 23.7 Å². The van der Waals surface area contributed by atoms with Crippen LogP contribution in [0.3, 0.4) is 0 Å². The third-order valence-electron chi connectivity index (χ3n) is 8.43. The summed E-state index contributed by atoms with van der Waals surface area (Å²) in [5, 5.41) is 17.2. The van der Waals surface area contributed by atoms with Gasteiger partial charge in [0, 0.05) is 12.0 Å². The number of carbonyl (C=O) groups is 2. The number of hydrogen-bond donors (Lipinski definition) is 2. The van der Waals surface area contributed by atoms with Crippen LogP contribution < -0.4 is 5.32 Å². The number of carboxylic acids is 1. The highest BCUT2D eigenvalue weighted by Crippen LogP contribution is 2.53. The Hall–Kier alpha value is -2.63. The van der Waals surface area contributed by atoms with E-state index in [-0.39, 0.29) is 11.5 Å². The Morgan fingerprint density at radius 2 is 1.61 bits per heavy atom. The molecular weight excluding hydrogens is 390 g/mol. The summed E-state index contributed by atoms with van der Waals surface area (Å²) in [6.45, 7) is 0. The molecule has 0 spiro atoms. The maximum absolute atomic E-state index is 13.4. The Labute approximate surface area is 182 Å². The number of aromatic carboxylic acids is 1. The highest BCUT2D eigenvalue weighted by Gasteiger charge is 2.48. The average molecular weight is 420 g/mol. The molecule has 5 fully saturated rings. The van der Waals surface area contributed by atoms with Crippen molar-refractivity contribution >= 4 is 11.9 Å². The first-order chi connectivity index (χ1) is 15.1. The van der Waals surface area contributed by atoms with Crippen molar-refractivity contribution in [2.24, 2.45) is 23.7 Å². The molecule has 0 unspecified atom stereocenters. The van der Waals surface area contributed by atoms with Gasteiger partial charge in [0.25, 0.3) is 5.91 Å². The van der Waals surface area contributed by atoms with Crippen LogP contribution in [0.4, 0.5) is 0 Å². The number of benzene rings is 1. The molecule has 1 aromatic heterocycles. The van der Waals surface area contributed by atoms with Gasteiger partial charge in [0.05, 0.1) is 28.7 Å². The Morgan fingerprint density at radius 1 is 0.968 bits per heavy atom. The molecule has 0 radical (unpaired) electrons. The van der Waals surface area contributed by atoms with E-state index < -0.39 is 5.97 Å². The summed E-state index contributed by atoms with van der Waals surface area (Å²) in [5.74, 6) is 2.47. The summed E-state index contributed by atoms with van der Waals surface area (Å²) in [6.07, 6.45) is 11.5. The molecule has 31 heavy (non-hydrogen) atoms. The molecule has 1 amide bonds. The molecule has 0 aliphatic heterocycles. The number of nitrogens with zero attached hydrogens (tertiary/aromatic N) is 2. The van der Waals surface area contributed by atoms with Gasteiger partial charge in [-0.1, -0.05) is 6.42 Å². The number of aromatic nitrogens is 2. The zero-order valence-corrected chi connectivity index (χ0v) is 17.7. The number of hydrogen-bond acceptors (Lipinski definition) is 3. The molecule has 7 rings (SSSR count). The van der Waals surface area contributed by atoms with Crippen LogP contribution in [-0.2, 0) is 0 Å². The Bertz CT molecular complexity index is 993. The summed E-state index contributed by atoms with van der Waals surface area (Å²) < 4.78 is 1.85. The zero-order chi connectivity index (χ0) is 21.1. The molecule has 2 N–H and O–H groups in total. The minimum atomic E-state index is -0.943. The van der Waals surface area contributed by atoms with E-state index in [4.69, 9.17) is 0 Å². The first-order valence-electron chi connectivity index (χ1n) is 11.8. The molecule has 6 nitrogen and oxygen atoms in total. The number of rotatable bonds is 5. The highest BCUT2D eigenvalue weighted by molar-refractivity contribution is 5.95. The van der Waals surface area contributed by atoms with Gasteiger partial charge in [0.1, 0.15) is 0 Å². The summed E-state index contributed by atoms with van der Waals surface area (Å²) in [7, 11) is 0. The lowest BCUT2D eigenvalue weighted by Gasteiger charge is -2.54. The van der Waals surface area contributed by atoms with E-state index in [9.17, 15) is 14.7 Å². The fourth-order valence-corrected chi connectivity index (χ4v) is 6.95. The molecule has 2 aromatic rings. The van der Waals surface area contributed by atoms with Gasteiger partial charge >= 0.3 is 5.97 Å². The smallest absolute Gasteiger partial charge is 0.335 e. The van der Waals surface area contributed by atoms with Gasteiger partial charge in [-0.2, -0.15) is 5.10 Å². The van der Waals surface area contributed by atoms with Crippen molar-refractivity contribution in [2.75, 3.05) is 0 Å². The van der Waals surface area contributed by atoms with Crippen molar-refractivity contribution in [1.29, 1.82) is 0 Å². The van der Waals surface area contributed by atoms with E-state index in [0.717, 1.165) is 36.1 Å². The molecule has 1 heterocycles. The van der Waals surface area contributed by atoms with E-state index >= 15 is 0 Å². The monoisotopic (exact) mass is 419 g/mol. The van der Waals surface area contributed by atoms with Crippen LogP contribution >= 0.6 is 0 Å². The standard InChI is InChI=1S/C25H29N3O3/c29-24(27-22-18-9-14-8-15(11-18)12-19(22)10-14)21-13-26-28(23(21)16-2-1-3-16)20-6-4-17(5-7-20)25(30)31/h4-7,13-16,18-19,22H,1-3,8-12H2,(H,27,29)(H,30,31). The lowest BCUT2D eigenvalue weighted by molar-refractivity contribution is -0.0119. The van der Waals surface area contributed by atoms with Crippen LogP contribution in [0.2, 0.25) is 0 Å². The Balaban J connectivity index is 1.28. The van der Waals surface area contributed by atoms with Crippen molar-refractivity contribution in [3.05, 3.63) is 47.3 Å². The predicted octanol–water partition coefficient (Wildman–Crippen LogP) is 4.39. The van der Waals surface area contributed by atoms with Gasteiger partial charge in [-0.25, -0.2) is 9.48 Å². The predicted molar refractivity (Wildman–Crippen MR) is 115 cm³/mol. The second-order valence-corrected chi connectivity index (χ2v) is 10.3. The van der Waals surface area contributed by atoms with Crippen molar-refractivity contribution in [3.8, 4) is 5.69 Å². The average Bonchev–Trinajstić information content (AvgIpc) is 3.13. The minimum absolute atomic E-state index is 0.0211. The highest BCUT2D eigenvalue weighted by atomic mass is 16.4. The number of nitrogens with one attached hydrogen (secondary N) is 1. The van der Waals surface area contributed by atoms with Crippen molar-refractivity contribution in [2.45, 2.75) is 63.3 Å². The van der Waals surface area contributed by atoms with Crippen LogP contribution in [0.15, 0.2) is 30.5 Å². The van der Waals surface area contributed by atoms with Gasteiger partial charge in [0.2, 0.25) is 0 Å². The normalized spacial score (nSPS) is 31.4. The van der Waals surface area contributed by atoms with Gasteiger partial charge in [0.15, 0.2) is 0 Å². The number of carbonyl (C=O) groups excluding carboxylic acids is 1. The quantitative estimate of drug-likeness (QED) is 0.753. The molecule has 162 valence electrons. The fourth-order valence-electron chi connectivity index (χ4n) is 6.95. The lowest BCUT2D eigenvalue weighted by atomic mass is 9.54. The maximum atomic E-state index is 13.4. The first-order valence-corrected chi connectivity index (χ1v) is 11.8. The third-order valence-corrected chi connectivity index (χ3v) is 8.43. The van der Waals surface area contributed by atoms with Crippen LogP contribution in [0.5, 0.6) is 0 Å². The summed E-state index contributed by atoms with van der Waals surface area (Å²) in [5.41, 5.74) is 2.73. The largest absolute Gasteiger partial charge is 0.478 e. The molecule has 0 saturated heterocycles. The van der Waals surface area contributed by atoms with Gasteiger partial charge in [-0.15, -0.1) is 0 Å². The van der Waals surface area contributed by atoms with Crippen molar-refractivity contribution in [3.63, 3.8) is 0 Å². The third kappa shape index (κ3) is 3.19. The minimum Gasteiger partial charge on any atom is -0.478 e. The number of amides is 1. The fraction of sp³-hybridized carbons (Fsp3) is 0.560.